The second-order valence-electron chi connectivity index (χ2n) is 2.93. The zero-order chi connectivity index (χ0) is 8.10. The van der Waals surface area contributed by atoms with E-state index in [-0.39, 0.29) is 0 Å². The lowest BCUT2D eigenvalue weighted by Crippen LogP contribution is -1.98. The molecule has 1 rings (SSSR count). The quantitative estimate of drug-likeness (QED) is 0.648. The van der Waals surface area contributed by atoms with Crippen LogP contribution >= 0.6 is 0 Å². The number of unbranched alkanes of at least 4 members (excludes halogenated alkanes) is 1. The van der Waals surface area contributed by atoms with Gasteiger partial charge in [-0.15, -0.1) is 0 Å². The molecule has 0 saturated heterocycles. The molecule has 0 aliphatic carbocycles. The van der Waals surface area contributed by atoms with Gasteiger partial charge in [-0.1, -0.05) is 0 Å². The predicted molar refractivity (Wildman–Crippen MR) is 47.4 cm³/mol. The Hall–Kier alpha value is -0.760. The molecule has 0 bridgehead atoms. The molecule has 1 aromatic rings. The molecule has 11 heavy (non-hydrogen) atoms. The first-order chi connectivity index (χ1) is 5.33. The van der Waals surface area contributed by atoms with Crippen molar-refractivity contribution in [3.05, 3.63) is 24.0 Å². The van der Waals surface area contributed by atoms with Gasteiger partial charge < -0.3 is 10.3 Å². The maximum atomic E-state index is 5.39. The van der Waals surface area contributed by atoms with Gasteiger partial charge in [-0.2, -0.15) is 0 Å². The van der Waals surface area contributed by atoms with E-state index in [2.05, 4.69) is 23.0 Å². The molecular weight excluding hydrogens is 136 g/mol. The number of nitrogens with zero attached hydrogens (tertiary/aromatic N) is 1. The number of aryl methyl sites for hydroxylation is 2. The minimum Gasteiger partial charge on any atom is -0.357 e. The lowest BCUT2D eigenvalue weighted by molar-refractivity contribution is 0.743. The molecule has 0 fully saturated rings. The van der Waals surface area contributed by atoms with Crippen LogP contribution in [0.2, 0.25) is 0 Å². The molecule has 0 saturated carbocycles. The molecule has 0 amide bonds. The highest BCUT2D eigenvalue weighted by Crippen LogP contribution is 2.04. The first kappa shape index (κ1) is 8.34. The van der Waals surface area contributed by atoms with Crippen molar-refractivity contribution < 1.29 is 0 Å². The van der Waals surface area contributed by atoms with Crippen LogP contribution in [0.25, 0.3) is 0 Å². The highest BCUT2D eigenvalue weighted by Gasteiger charge is 1.93. The van der Waals surface area contributed by atoms with E-state index in [1.165, 1.54) is 12.0 Å². The van der Waals surface area contributed by atoms with Crippen molar-refractivity contribution in [3.8, 4) is 0 Å². The zero-order valence-corrected chi connectivity index (χ0v) is 7.09. The van der Waals surface area contributed by atoms with Crippen molar-refractivity contribution in [2.75, 3.05) is 6.54 Å². The Kier molecular flexibility index (Phi) is 3.17. The van der Waals surface area contributed by atoms with Gasteiger partial charge in [0.05, 0.1) is 0 Å². The maximum absolute atomic E-state index is 5.39. The Labute approximate surface area is 68.0 Å². The van der Waals surface area contributed by atoms with E-state index < -0.39 is 0 Å². The summed E-state index contributed by atoms with van der Waals surface area (Å²) >= 11 is 0. The van der Waals surface area contributed by atoms with Gasteiger partial charge in [0.25, 0.3) is 0 Å². The third-order valence-electron chi connectivity index (χ3n) is 1.81. The molecule has 0 atom stereocenters. The lowest BCUT2D eigenvalue weighted by Gasteiger charge is -1.94. The van der Waals surface area contributed by atoms with Gasteiger partial charge in [0, 0.05) is 19.4 Å². The van der Waals surface area contributed by atoms with Crippen LogP contribution < -0.4 is 5.73 Å². The molecule has 2 nitrogen and oxygen atoms in total. The van der Waals surface area contributed by atoms with E-state index >= 15 is 0 Å². The molecule has 2 heteroatoms. The van der Waals surface area contributed by atoms with Crippen molar-refractivity contribution >= 4 is 0 Å². The minimum atomic E-state index is 0.812. The van der Waals surface area contributed by atoms with Crippen molar-refractivity contribution in [1.29, 1.82) is 0 Å². The van der Waals surface area contributed by atoms with Crippen molar-refractivity contribution in [1.82, 2.24) is 4.57 Å². The van der Waals surface area contributed by atoms with Gasteiger partial charge in [-0.3, -0.25) is 0 Å². The second-order valence-corrected chi connectivity index (χ2v) is 2.93. The number of rotatable bonds is 4. The number of hydrogen-bond acceptors (Lipinski definition) is 1. The Morgan fingerprint density at radius 1 is 1.45 bits per heavy atom. The summed E-state index contributed by atoms with van der Waals surface area (Å²) < 4.78 is 2.08. The molecule has 0 spiro atoms. The number of aromatic nitrogens is 1. The summed E-state index contributed by atoms with van der Waals surface area (Å²) in [5, 5.41) is 0. The van der Waals surface area contributed by atoms with E-state index in [9.17, 15) is 0 Å². The van der Waals surface area contributed by atoms with Gasteiger partial charge >= 0.3 is 0 Å². The van der Waals surface area contributed by atoms with Crippen LogP contribution in [0.4, 0.5) is 0 Å². The van der Waals surface area contributed by atoms with Crippen LogP contribution in [0, 0.1) is 0 Å². The number of hydrogen-bond donors (Lipinski definition) is 1. The maximum Gasteiger partial charge on any atom is 0.0106 e. The van der Waals surface area contributed by atoms with Crippen molar-refractivity contribution in [2.24, 2.45) is 12.8 Å². The molecule has 2 N–H and O–H groups in total. The van der Waals surface area contributed by atoms with Crippen molar-refractivity contribution in [2.45, 2.75) is 19.3 Å². The van der Waals surface area contributed by atoms with Gasteiger partial charge in [-0.05, 0) is 37.4 Å². The normalized spacial score (nSPS) is 10.4. The molecular formula is C9H16N2. The van der Waals surface area contributed by atoms with E-state index in [0.29, 0.717) is 0 Å². The SMILES string of the molecule is Cn1ccc(CCCCN)c1. The van der Waals surface area contributed by atoms with Crippen LogP contribution in [0.3, 0.4) is 0 Å². The Bertz CT molecular complexity index is 203. The molecule has 62 valence electrons. The van der Waals surface area contributed by atoms with Crippen LogP contribution in [0.1, 0.15) is 18.4 Å². The molecule has 0 aliphatic heterocycles. The smallest absolute Gasteiger partial charge is 0.0106 e. The fraction of sp³-hybridized carbons (Fsp3) is 0.556. The summed E-state index contributed by atoms with van der Waals surface area (Å²) in [5.41, 5.74) is 6.81. The fourth-order valence-corrected chi connectivity index (χ4v) is 1.18. The highest BCUT2D eigenvalue weighted by molar-refractivity contribution is 5.09. The van der Waals surface area contributed by atoms with Gasteiger partial charge in [0.2, 0.25) is 0 Å². The van der Waals surface area contributed by atoms with Crippen LogP contribution in [-0.4, -0.2) is 11.1 Å². The van der Waals surface area contributed by atoms with Gasteiger partial charge in [0.1, 0.15) is 0 Å². The molecule has 0 aromatic carbocycles. The topological polar surface area (TPSA) is 30.9 Å². The largest absolute Gasteiger partial charge is 0.357 e. The summed E-state index contributed by atoms with van der Waals surface area (Å²) in [4.78, 5) is 0. The van der Waals surface area contributed by atoms with Crippen LogP contribution in [-0.2, 0) is 13.5 Å². The van der Waals surface area contributed by atoms with Crippen LogP contribution in [0.15, 0.2) is 18.5 Å². The lowest BCUT2D eigenvalue weighted by atomic mass is 10.1. The average molecular weight is 152 g/mol. The molecule has 0 radical (unpaired) electrons. The van der Waals surface area contributed by atoms with Gasteiger partial charge in [0.15, 0.2) is 0 Å². The molecule has 1 heterocycles. The highest BCUT2D eigenvalue weighted by atomic mass is 14.9. The standard InChI is InChI=1S/C9H16N2/c1-11-7-5-9(8-11)4-2-3-6-10/h5,7-8H,2-4,6,10H2,1H3. The van der Waals surface area contributed by atoms with E-state index in [4.69, 9.17) is 5.73 Å². The van der Waals surface area contributed by atoms with Gasteiger partial charge in [-0.25, -0.2) is 0 Å². The van der Waals surface area contributed by atoms with E-state index in [0.717, 1.165) is 19.4 Å². The summed E-state index contributed by atoms with van der Waals surface area (Å²) in [7, 11) is 2.05. The zero-order valence-electron chi connectivity index (χ0n) is 7.09. The first-order valence-electron chi connectivity index (χ1n) is 4.14. The summed E-state index contributed by atoms with van der Waals surface area (Å²) in [6.45, 7) is 0.812. The fourth-order valence-electron chi connectivity index (χ4n) is 1.18. The monoisotopic (exact) mass is 152 g/mol. The average Bonchev–Trinajstić information content (AvgIpc) is 2.37. The molecule has 0 unspecified atom stereocenters. The number of nitrogens with two attached hydrogens (primary N) is 1. The van der Waals surface area contributed by atoms with E-state index in [1.807, 2.05) is 7.05 Å². The van der Waals surface area contributed by atoms with Crippen molar-refractivity contribution in [3.63, 3.8) is 0 Å². The summed E-state index contributed by atoms with van der Waals surface area (Å²) in [6.07, 6.45) is 7.75. The minimum absolute atomic E-state index is 0.812. The first-order valence-corrected chi connectivity index (χ1v) is 4.14. The summed E-state index contributed by atoms with van der Waals surface area (Å²) in [6, 6.07) is 2.16. The van der Waals surface area contributed by atoms with Crippen LogP contribution in [0.5, 0.6) is 0 Å². The molecule has 1 aromatic heterocycles. The molecule has 0 aliphatic rings. The Morgan fingerprint density at radius 2 is 2.27 bits per heavy atom. The Balaban J connectivity index is 2.27. The Morgan fingerprint density at radius 3 is 2.82 bits per heavy atom. The second kappa shape index (κ2) is 4.19. The summed E-state index contributed by atoms with van der Waals surface area (Å²) in [5.74, 6) is 0. The third-order valence-corrected chi connectivity index (χ3v) is 1.81. The van der Waals surface area contributed by atoms with E-state index in [1.54, 1.807) is 0 Å². The third kappa shape index (κ3) is 2.76. The predicted octanol–water partition coefficient (Wildman–Crippen LogP) is 1.31.